The standard InChI is InChI=1S/C16H16ClN3/c1-11(2)20-15-6-7-18-10-14(15)19-16(20)13-5-3-4-12(8-13)9-17/h3-8,10-11H,9H2,1-2H3. The minimum Gasteiger partial charge on any atom is -0.321 e. The van der Waals surface area contributed by atoms with Gasteiger partial charge in [0.15, 0.2) is 0 Å². The van der Waals surface area contributed by atoms with Crippen LogP contribution in [0.2, 0.25) is 0 Å². The van der Waals surface area contributed by atoms with E-state index in [9.17, 15) is 0 Å². The Bertz CT molecular complexity index is 746. The van der Waals surface area contributed by atoms with Crippen molar-refractivity contribution in [2.75, 3.05) is 0 Å². The molecule has 3 rings (SSSR count). The molecule has 0 aliphatic carbocycles. The van der Waals surface area contributed by atoms with Gasteiger partial charge in [-0.25, -0.2) is 4.98 Å². The summed E-state index contributed by atoms with van der Waals surface area (Å²) >= 11 is 5.93. The van der Waals surface area contributed by atoms with Crippen molar-refractivity contribution in [3.05, 3.63) is 48.3 Å². The molecule has 0 saturated carbocycles. The number of rotatable bonds is 3. The molecule has 1 aromatic carbocycles. The van der Waals surface area contributed by atoms with E-state index in [1.165, 1.54) is 0 Å². The molecule has 0 spiro atoms. The third kappa shape index (κ3) is 2.18. The summed E-state index contributed by atoms with van der Waals surface area (Å²) in [7, 11) is 0. The summed E-state index contributed by atoms with van der Waals surface area (Å²) in [6.07, 6.45) is 3.62. The highest BCUT2D eigenvalue weighted by molar-refractivity contribution is 6.17. The molecular weight excluding hydrogens is 270 g/mol. The molecule has 0 N–H and O–H groups in total. The normalized spacial score (nSPS) is 11.4. The Morgan fingerprint density at radius 1 is 1.25 bits per heavy atom. The molecule has 0 bridgehead atoms. The fourth-order valence-corrected chi connectivity index (χ4v) is 2.64. The minimum absolute atomic E-state index is 0.331. The first-order valence-corrected chi connectivity index (χ1v) is 7.21. The molecule has 0 aliphatic heterocycles. The number of nitrogens with zero attached hydrogens (tertiary/aromatic N) is 3. The molecule has 4 heteroatoms. The van der Waals surface area contributed by atoms with E-state index in [-0.39, 0.29) is 0 Å². The van der Waals surface area contributed by atoms with Crippen molar-refractivity contribution < 1.29 is 0 Å². The maximum absolute atomic E-state index is 5.93. The Balaban J connectivity index is 2.26. The quantitative estimate of drug-likeness (QED) is 0.667. The molecule has 102 valence electrons. The third-order valence-electron chi connectivity index (χ3n) is 3.35. The second kappa shape index (κ2) is 5.25. The SMILES string of the molecule is CC(C)n1c(-c2cccc(CCl)c2)nc2cnccc21. The molecule has 2 aromatic heterocycles. The van der Waals surface area contributed by atoms with Crippen molar-refractivity contribution in [2.24, 2.45) is 0 Å². The van der Waals surface area contributed by atoms with Gasteiger partial charge < -0.3 is 4.57 Å². The van der Waals surface area contributed by atoms with E-state index in [2.05, 4.69) is 35.5 Å². The molecule has 0 amide bonds. The van der Waals surface area contributed by atoms with Gasteiger partial charge in [-0.1, -0.05) is 18.2 Å². The molecular formula is C16H16ClN3. The first-order valence-electron chi connectivity index (χ1n) is 6.68. The summed E-state index contributed by atoms with van der Waals surface area (Å²) in [5.74, 6) is 1.48. The van der Waals surface area contributed by atoms with E-state index in [1.54, 1.807) is 0 Å². The lowest BCUT2D eigenvalue weighted by Crippen LogP contribution is -2.03. The summed E-state index contributed by atoms with van der Waals surface area (Å²) < 4.78 is 2.24. The van der Waals surface area contributed by atoms with Gasteiger partial charge in [0.1, 0.15) is 11.3 Å². The first-order chi connectivity index (χ1) is 9.70. The highest BCUT2D eigenvalue weighted by atomic mass is 35.5. The van der Waals surface area contributed by atoms with Gasteiger partial charge >= 0.3 is 0 Å². The van der Waals surface area contributed by atoms with Crippen LogP contribution < -0.4 is 0 Å². The molecule has 0 atom stereocenters. The second-order valence-electron chi connectivity index (χ2n) is 5.10. The van der Waals surface area contributed by atoms with E-state index >= 15 is 0 Å². The van der Waals surface area contributed by atoms with Crippen LogP contribution in [0, 0.1) is 0 Å². The monoisotopic (exact) mass is 285 g/mol. The Morgan fingerprint density at radius 2 is 2.10 bits per heavy atom. The van der Waals surface area contributed by atoms with Gasteiger partial charge in [-0.15, -0.1) is 11.6 Å². The summed E-state index contributed by atoms with van der Waals surface area (Å²) in [4.78, 5) is 8.89. The maximum Gasteiger partial charge on any atom is 0.141 e. The number of aromatic nitrogens is 3. The van der Waals surface area contributed by atoms with E-state index in [0.717, 1.165) is 28.0 Å². The number of alkyl halides is 1. The summed E-state index contributed by atoms with van der Waals surface area (Å²) in [6, 6.07) is 10.6. The van der Waals surface area contributed by atoms with Crippen molar-refractivity contribution in [3.8, 4) is 11.4 Å². The first kappa shape index (κ1) is 13.1. The van der Waals surface area contributed by atoms with E-state index < -0.39 is 0 Å². The lowest BCUT2D eigenvalue weighted by atomic mass is 10.1. The molecule has 3 nitrogen and oxygen atoms in total. The van der Waals surface area contributed by atoms with Crippen molar-refractivity contribution in [1.82, 2.24) is 14.5 Å². The molecule has 0 aliphatic rings. The number of halogens is 1. The number of hydrogen-bond donors (Lipinski definition) is 0. The minimum atomic E-state index is 0.331. The molecule has 3 aromatic rings. The molecule has 20 heavy (non-hydrogen) atoms. The van der Waals surface area contributed by atoms with Gasteiger partial charge in [0.25, 0.3) is 0 Å². The van der Waals surface area contributed by atoms with Crippen LogP contribution in [0.15, 0.2) is 42.7 Å². The topological polar surface area (TPSA) is 30.7 Å². The van der Waals surface area contributed by atoms with Crippen LogP contribution in [-0.2, 0) is 5.88 Å². The van der Waals surface area contributed by atoms with E-state index in [4.69, 9.17) is 16.6 Å². The van der Waals surface area contributed by atoms with Gasteiger partial charge in [0.2, 0.25) is 0 Å². The van der Waals surface area contributed by atoms with Crippen molar-refractivity contribution in [3.63, 3.8) is 0 Å². The number of pyridine rings is 1. The van der Waals surface area contributed by atoms with Crippen LogP contribution in [0.25, 0.3) is 22.4 Å². The van der Waals surface area contributed by atoms with Crippen molar-refractivity contribution >= 4 is 22.6 Å². The zero-order valence-electron chi connectivity index (χ0n) is 11.5. The van der Waals surface area contributed by atoms with Gasteiger partial charge in [-0.2, -0.15) is 0 Å². The van der Waals surface area contributed by atoms with Gasteiger partial charge in [0, 0.05) is 23.7 Å². The highest BCUT2D eigenvalue weighted by Gasteiger charge is 2.14. The molecule has 0 unspecified atom stereocenters. The van der Waals surface area contributed by atoms with Crippen molar-refractivity contribution in [1.29, 1.82) is 0 Å². The second-order valence-corrected chi connectivity index (χ2v) is 5.36. The average Bonchev–Trinajstić information content (AvgIpc) is 2.87. The zero-order valence-corrected chi connectivity index (χ0v) is 12.3. The van der Waals surface area contributed by atoms with Crippen LogP contribution in [0.1, 0.15) is 25.5 Å². The fourth-order valence-electron chi connectivity index (χ4n) is 2.47. The third-order valence-corrected chi connectivity index (χ3v) is 3.66. The lowest BCUT2D eigenvalue weighted by molar-refractivity contribution is 0.624. The van der Waals surface area contributed by atoms with E-state index in [0.29, 0.717) is 11.9 Å². The molecule has 2 heterocycles. The van der Waals surface area contributed by atoms with Crippen LogP contribution >= 0.6 is 11.6 Å². The zero-order chi connectivity index (χ0) is 14.1. The summed E-state index contributed by atoms with van der Waals surface area (Å²) in [6.45, 7) is 4.33. The average molecular weight is 286 g/mol. The predicted octanol–water partition coefficient (Wildman–Crippen LogP) is 4.42. The molecule has 0 saturated heterocycles. The van der Waals surface area contributed by atoms with Crippen LogP contribution in [-0.4, -0.2) is 14.5 Å². The van der Waals surface area contributed by atoms with Crippen LogP contribution in [0.5, 0.6) is 0 Å². The Morgan fingerprint density at radius 3 is 2.85 bits per heavy atom. The summed E-state index contributed by atoms with van der Waals surface area (Å²) in [5.41, 5.74) is 4.23. The molecule has 0 fully saturated rings. The molecule has 0 radical (unpaired) electrons. The van der Waals surface area contributed by atoms with Gasteiger partial charge in [-0.05, 0) is 31.5 Å². The van der Waals surface area contributed by atoms with E-state index in [1.807, 2.05) is 30.6 Å². The van der Waals surface area contributed by atoms with Crippen LogP contribution in [0.3, 0.4) is 0 Å². The maximum atomic E-state index is 5.93. The fraction of sp³-hybridized carbons (Fsp3) is 0.250. The number of fused-ring (bicyclic) bond motifs is 1. The van der Waals surface area contributed by atoms with Gasteiger partial charge in [0.05, 0.1) is 11.7 Å². The Labute approximate surface area is 123 Å². The van der Waals surface area contributed by atoms with Gasteiger partial charge in [-0.3, -0.25) is 4.98 Å². The number of benzene rings is 1. The number of imidazole rings is 1. The van der Waals surface area contributed by atoms with Crippen LogP contribution in [0.4, 0.5) is 0 Å². The summed E-state index contributed by atoms with van der Waals surface area (Å²) in [5, 5.41) is 0. The largest absolute Gasteiger partial charge is 0.321 e. The Hall–Kier alpha value is -1.87. The highest BCUT2D eigenvalue weighted by Crippen LogP contribution is 2.28. The van der Waals surface area contributed by atoms with Crippen molar-refractivity contribution in [2.45, 2.75) is 25.8 Å². The smallest absolute Gasteiger partial charge is 0.141 e. The predicted molar refractivity (Wildman–Crippen MR) is 82.9 cm³/mol. The lowest BCUT2D eigenvalue weighted by Gasteiger charge is -2.13. The Kier molecular flexibility index (Phi) is 3.45. The number of hydrogen-bond acceptors (Lipinski definition) is 2.